The monoisotopic (exact) mass is 540 g/mol. The first-order valence-corrected chi connectivity index (χ1v) is 13.3. The molecule has 4 amide bonds. The largest absolute Gasteiger partial charge is 0.361 e. The molecule has 3 heterocycles. The van der Waals surface area contributed by atoms with E-state index in [1.165, 1.54) is 13.8 Å². The van der Waals surface area contributed by atoms with Crippen molar-refractivity contribution in [1.29, 1.82) is 0 Å². The summed E-state index contributed by atoms with van der Waals surface area (Å²) in [6.07, 6.45) is 3.62. The van der Waals surface area contributed by atoms with Crippen molar-refractivity contribution in [3.8, 4) is 0 Å². The molecule has 0 atom stereocenters. The molecule has 5 rings (SSSR count). The third-order valence-corrected chi connectivity index (χ3v) is 7.22. The Kier molecular flexibility index (Phi) is 7.27. The van der Waals surface area contributed by atoms with Gasteiger partial charge in [0.05, 0.1) is 11.1 Å². The first-order valence-electron chi connectivity index (χ1n) is 13.3. The Morgan fingerprint density at radius 2 is 1.45 bits per heavy atom. The minimum absolute atomic E-state index is 0.204. The smallest absolute Gasteiger partial charge is 0.259 e. The van der Waals surface area contributed by atoms with Gasteiger partial charge in [0.15, 0.2) is 0 Å². The molecule has 1 aliphatic rings. The summed E-state index contributed by atoms with van der Waals surface area (Å²) >= 11 is 0. The number of anilines is 2. The molecule has 10 nitrogen and oxygen atoms in total. The lowest BCUT2D eigenvalue weighted by Crippen LogP contribution is -2.26. The maximum Gasteiger partial charge on any atom is 0.259 e. The maximum atomic E-state index is 13.4. The fourth-order valence-corrected chi connectivity index (χ4v) is 5.33. The molecule has 0 fully saturated rings. The second kappa shape index (κ2) is 10.8. The van der Waals surface area contributed by atoms with E-state index in [0.717, 1.165) is 36.1 Å². The van der Waals surface area contributed by atoms with Gasteiger partial charge >= 0.3 is 0 Å². The van der Waals surface area contributed by atoms with E-state index in [1.54, 1.807) is 18.3 Å². The van der Waals surface area contributed by atoms with Gasteiger partial charge in [0.25, 0.3) is 11.8 Å². The molecule has 0 saturated heterocycles. The van der Waals surface area contributed by atoms with Crippen molar-refractivity contribution >= 4 is 68.0 Å². The first-order chi connectivity index (χ1) is 19.2. The zero-order valence-electron chi connectivity index (χ0n) is 23.0. The van der Waals surface area contributed by atoms with Crippen LogP contribution in [0.25, 0.3) is 33.0 Å². The molecule has 0 aliphatic carbocycles. The van der Waals surface area contributed by atoms with Gasteiger partial charge in [0.1, 0.15) is 0 Å². The SMILES string of the molecule is CCN(CC)CCn1cc(C2=C(c3c[nH]c4ccc(NC(C)=O)cc34)C(=O)NC2=O)c2cc(NC(C)=O)ccc21. The second-order valence-electron chi connectivity index (χ2n) is 9.85. The number of hydrogen-bond donors (Lipinski definition) is 4. The average molecular weight is 541 g/mol. The van der Waals surface area contributed by atoms with E-state index in [4.69, 9.17) is 0 Å². The van der Waals surface area contributed by atoms with Crippen molar-refractivity contribution in [2.75, 3.05) is 30.3 Å². The summed E-state index contributed by atoms with van der Waals surface area (Å²) in [6, 6.07) is 11.0. The molecule has 0 bridgehead atoms. The molecule has 2 aromatic carbocycles. The van der Waals surface area contributed by atoms with Crippen LogP contribution in [-0.4, -0.2) is 57.7 Å². The number of nitrogens with one attached hydrogen (secondary N) is 4. The lowest BCUT2D eigenvalue weighted by atomic mass is 9.95. The van der Waals surface area contributed by atoms with Crippen LogP contribution in [0, 0.1) is 0 Å². The number of rotatable bonds is 9. The van der Waals surface area contributed by atoms with E-state index in [9.17, 15) is 19.2 Å². The molecular weight excluding hydrogens is 508 g/mol. The summed E-state index contributed by atoms with van der Waals surface area (Å²) in [4.78, 5) is 55.6. The molecule has 2 aromatic heterocycles. The normalized spacial score (nSPS) is 13.5. The second-order valence-corrected chi connectivity index (χ2v) is 9.85. The van der Waals surface area contributed by atoms with Crippen LogP contribution in [0.5, 0.6) is 0 Å². The van der Waals surface area contributed by atoms with Gasteiger partial charge in [-0.15, -0.1) is 0 Å². The van der Waals surface area contributed by atoms with Crippen LogP contribution in [0.1, 0.15) is 38.8 Å². The molecule has 206 valence electrons. The lowest BCUT2D eigenvalue weighted by molar-refractivity contribution is -0.123. The minimum atomic E-state index is -0.493. The Hall–Kier alpha value is -4.70. The summed E-state index contributed by atoms with van der Waals surface area (Å²) in [7, 11) is 0. The molecule has 0 spiro atoms. The van der Waals surface area contributed by atoms with Crippen molar-refractivity contribution in [2.24, 2.45) is 0 Å². The van der Waals surface area contributed by atoms with Gasteiger partial charge in [-0.25, -0.2) is 0 Å². The predicted octanol–water partition coefficient (Wildman–Crippen LogP) is 3.95. The molecule has 0 radical (unpaired) electrons. The van der Waals surface area contributed by atoms with Gasteiger partial charge in [-0.3, -0.25) is 24.5 Å². The van der Waals surface area contributed by atoms with Gasteiger partial charge in [0, 0.05) is 83.6 Å². The zero-order chi connectivity index (χ0) is 28.6. The van der Waals surface area contributed by atoms with Crippen LogP contribution in [0.4, 0.5) is 11.4 Å². The molecule has 0 unspecified atom stereocenters. The Morgan fingerprint density at radius 3 is 2.08 bits per heavy atom. The Balaban J connectivity index is 1.72. The number of carbonyl (C=O) groups excluding carboxylic acids is 4. The Labute approximate surface area is 231 Å². The highest BCUT2D eigenvalue weighted by molar-refractivity contribution is 6.50. The molecule has 4 aromatic rings. The minimum Gasteiger partial charge on any atom is -0.361 e. The molecule has 40 heavy (non-hydrogen) atoms. The van der Waals surface area contributed by atoms with Gasteiger partial charge < -0.3 is 25.1 Å². The van der Waals surface area contributed by atoms with Crippen molar-refractivity contribution in [3.05, 3.63) is 59.9 Å². The first kappa shape index (κ1) is 26.9. The van der Waals surface area contributed by atoms with Crippen molar-refractivity contribution in [1.82, 2.24) is 19.8 Å². The van der Waals surface area contributed by atoms with E-state index in [0.29, 0.717) is 34.4 Å². The Bertz CT molecular complexity index is 1710. The number of carbonyl (C=O) groups is 4. The van der Waals surface area contributed by atoms with E-state index >= 15 is 0 Å². The number of fused-ring (bicyclic) bond motifs is 2. The fourth-order valence-electron chi connectivity index (χ4n) is 5.33. The topological polar surface area (TPSA) is 128 Å². The standard InChI is InChI=1S/C30H32N6O4/c1-5-35(6-2)11-12-36-16-24(22-14-20(33-18(4)38)8-10-26(22)36)28-27(29(39)34-30(28)40)23-15-31-25-9-7-19(13-21(23)25)32-17(3)37/h7-10,13-16,31H,5-6,11-12H2,1-4H3,(H,32,37)(H,33,38)(H,34,39,40). The number of imide groups is 1. The van der Waals surface area contributed by atoms with Crippen molar-refractivity contribution in [3.63, 3.8) is 0 Å². The molecule has 1 aliphatic heterocycles. The van der Waals surface area contributed by atoms with Crippen molar-refractivity contribution < 1.29 is 19.2 Å². The fraction of sp³-hybridized carbons (Fsp3) is 0.267. The van der Waals surface area contributed by atoms with Crippen LogP contribution < -0.4 is 16.0 Å². The van der Waals surface area contributed by atoms with Crippen molar-refractivity contribution in [2.45, 2.75) is 34.2 Å². The van der Waals surface area contributed by atoms with E-state index < -0.39 is 11.8 Å². The number of aromatic amines is 1. The third-order valence-electron chi connectivity index (χ3n) is 7.22. The highest BCUT2D eigenvalue weighted by Gasteiger charge is 2.35. The predicted molar refractivity (Wildman–Crippen MR) is 157 cm³/mol. The van der Waals surface area contributed by atoms with E-state index in [2.05, 4.69) is 44.2 Å². The number of benzene rings is 2. The quantitative estimate of drug-likeness (QED) is 0.239. The zero-order valence-corrected chi connectivity index (χ0v) is 23.0. The summed E-state index contributed by atoms with van der Waals surface area (Å²) in [5.74, 6) is -1.39. The number of aromatic nitrogens is 2. The van der Waals surface area contributed by atoms with Gasteiger partial charge in [0.2, 0.25) is 11.8 Å². The summed E-state index contributed by atoms with van der Waals surface area (Å²) in [5.41, 5.74) is 4.52. The van der Waals surface area contributed by atoms with Crippen LogP contribution in [-0.2, 0) is 25.7 Å². The molecule has 0 saturated carbocycles. The highest BCUT2D eigenvalue weighted by Crippen LogP contribution is 2.39. The summed E-state index contributed by atoms with van der Waals surface area (Å²) < 4.78 is 2.09. The van der Waals surface area contributed by atoms with E-state index in [-0.39, 0.29) is 23.0 Å². The third kappa shape index (κ3) is 5.01. The molecule has 10 heteroatoms. The summed E-state index contributed by atoms with van der Waals surface area (Å²) in [5, 5.41) is 9.52. The highest BCUT2D eigenvalue weighted by atomic mass is 16.2. The van der Waals surface area contributed by atoms with Crippen LogP contribution in [0.3, 0.4) is 0 Å². The number of hydrogen-bond acceptors (Lipinski definition) is 5. The summed E-state index contributed by atoms with van der Waals surface area (Å²) in [6.45, 7) is 10.4. The number of amides is 4. The molecule has 4 N–H and O–H groups in total. The number of nitrogens with zero attached hydrogens (tertiary/aromatic N) is 2. The number of H-pyrrole nitrogens is 1. The average Bonchev–Trinajstić information content (AvgIpc) is 3.56. The van der Waals surface area contributed by atoms with Crippen LogP contribution >= 0.6 is 0 Å². The lowest BCUT2D eigenvalue weighted by Gasteiger charge is -2.18. The molecular formula is C30H32N6O4. The Morgan fingerprint density at radius 1 is 0.850 bits per heavy atom. The number of likely N-dealkylation sites (N-methyl/N-ethyl adjacent to an activating group) is 1. The van der Waals surface area contributed by atoms with Crippen LogP contribution in [0.2, 0.25) is 0 Å². The van der Waals surface area contributed by atoms with Gasteiger partial charge in [-0.05, 0) is 49.5 Å². The maximum absolute atomic E-state index is 13.4. The van der Waals surface area contributed by atoms with Gasteiger partial charge in [-0.2, -0.15) is 0 Å². The van der Waals surface area contributed by atoms with Gasteiger partial charge in [-0.1, -0.05) is 13.8 Å². The van der Waals surface area contributed by atoms with Crippen LogP contribution in [0.15, 0.2) is 48.8 Å². The van der Waals surface area contributed by atoms with E-state index in [1.807, 2.05) is 30.5 Å².